The minimum Gasteiger partial charge on any atom is -0.475 e. The van der Waals surface area contributed by atoms with Gasteiger partial charge in [0.2, 0.25) is 0 Å². The third-order valence-corrected chi connectivity index (χ3v) is 4.90. The lowest BCUT2D eigenvalue weighted by molar-refractivity contribution is -0.192. The van der Waals surface area contributed by atoms with Gasteiger partial charge >= 0.3 is 12.1 Å². The largest absolute Gasteiger partial charge is 0.490 e. The predicted molar refractivity (Wildman–Crippen MR) is 105 cm³/mol. The molecule has 1 aromatic carbocycles. The molecule has 0 spiro atoms. The molecule has 0 aliphatic carbocycles. The van der Waals surface area contributed by atoms with Gasteiger partial charge in [0.15, 0.2) is 0 Å². The summed E-state index contributed by atoms with van der Waals surface area (Å²) in [6, 6.07) is 8.66. The highest BCUT2D eigenvalue weighted by atomic mass is 32.1. The molecule has 28 heavy (non-hydrogen) atoms. The highest BCUT2D eigenvalue weighted by molar-refractivity contribution is 7.17. The molecule has 0 saturated carbocycles. The Bertz CT molecular complexity index is 936. The van der Waals surface area contributed by atoms with Gasteiger partial charge in [0, 0.05) is 24.0 Å². The minimum atomic E-state index is -5.08. The number of rotatable bonds is 4. The summed E-state index contributed by atoms with van der Waals surface area (Å²) >= 11 is 1.69. The van der Waals surface area contributed by atoms with Gasteiger partial charge in [0.1, 0.15) is 17.0 Å². The Labute approximate surface area is 164 Å². The van der Waals surface area contributed by atoms with Crippen molar-refractivity contribution >= 4 is 33.3 Å². The van der Waals surface area contributed by atoms with Gasteiger partial charge in [-0.15, -0.1) is 11.3 Å². The van der Waals surface area contributed by atoms with Crippen LogP contribution >= 0.6 is 11.3 Å². The fraction of sp³-hybridized carbons (Fsp3) is 0.316. The van der Waals surface area contributed by atoms with Crippen molar-refractivity contribution < 1.29 is 23.1 Å². The van der Waals surface area contributed by atoms with Crippen molar-refractivity contribution in [2.75, 3.05) is 18.0 Å². The van der Waals surface area contributed by atoms with E-state index < -0.39 is 12.1 Å². The number of anilines is 1. The second-order valence-electron chi connectivity index (χ2n) is 5.87. The van der Waals surface area contributed by atoms with Crippen LogP contribution in [0.2, 0.25) is 0 Å². The van der Waals surface area contributed by atoms with Crippen LogP contribution in [0, 0.1) is 6.92 Å². The smallest absolute Gasteiger partial charge is 0.475 e. The lowest BCUT2D eigenvalue weighted by atomic mass is 10.0. The molecule has 3 aromatic rings. The Hall–Kier alpha value is -2.68. The molecule has 5 nitrogen and oxygen atoms in total. The number of fused-ring (bicyclic) bond motifs is 1. The molecule has 2 aromatic heterocycles. The molecule has 2 heterocycles. The van der Waals surface area contributed by atoms with Crippen molar-refractivity contribution in [3.63, 3.8) is 0 Å². The van der Waals surface area contributed by atoms with Gasteiger partial charge in [0.05, 0.1) is 5.39 Å². The van der Waals surface area contributed by atoms with Crippen LogP contribution < -0.4 is 4.90 Å². The van der Waals surface area contributed by atoms with E-state index in [2.05, 4.69) is 65.3 Å². The van der Waals surface area contributed by atoms with E-state index >= 15 is 0 Å². The van der Waals surface area contributed by atoms with E-state index in [1.165, 1.54) is 22.1 Å². The van der Waals surface area contributed by atoms with Crippen LogP contribution in [0.25, 0.3) is 21.3 Å². The van der Waals surface area contributed by atoms with E-state index in [9.17, 15) is 13.2 Å². The normalized spacial score (nSPS) is 11.1. The molecule has 0 bridgehead atoms. The molecule has 150 valence electrons. The minimum absolute atomic E-state index is 0.950. The van der Waals surface area contributed by atoms with E-state index in [0.717, 1.165) is 23.7 Å². The van der Waals surface area contributed by atoms with Crippen LogP contribution in [0.1, 0.15) is 19.4 Å². The zero-order chi connectivity index (χ0) is 20.9. The van der Waals surface area contributed by atoms with Crippen molar-refractivity contribution in [1.29, 1.82) is 0 Å². The Morgan fingerprint density at radius 3 is 2.21 bits per heavy atom. The molecule has 3 rings (SSSR count). The van der Waals surface area contributed by atoms with E-state index in [0.29, 0.717) is 0 Å². The van der Waals surface area contributed by atoms with Crippen LogP contribution in [0.4, 0.5) is 19.0 Å². The first-order valence-electron chi connectivity index (χ1n) is 8.53. The molecule has 0 unspecified atom stereocenters. The highest BCUT2D eigenvalue weighted by Crippen LogP contribution is 2.37. The number of thiophene rings is 1. The molecule has 1 N–H and O–H groups in total. The van der Waals surface area contributed by atoms with Crippen molar-refractivity contribution in [1.82, 2.24) is 9.97 Å². The fourth-order valence-corrected chi connectivity index (χ4v) is 3.48. The Balaban J connectivity index is 0.000000345. The molecule has 0 aliphatic rings. The Kier molecular flexibility index (Phi) is 6.95. The van der Waals surface area contributed by atoms with E-state index in [1.54, 1.807) is 17.7 Å². The monoisotopic (exact) mass is 411 g/mol. The maximum absolute atomic E-state index is 10.6. The number of hydrogen-bond acceptors (Lipinski definition) is 5. The summed E-state index contributed by atoms with van der Waals surface area (Å²) in [6.45, 7) is 8.34. The quantitative estimate of drug-likeness (QED) is 0.643. The molecule has 0 atom stereocenters. The average molecular weight is 411 g/mol. The van der Waals surface area contributed by atoms with E-state index in [4.69, 9.17) is 9.90 Å². The zero-order valence-electron chi connectivity index (χ0n) is 15.6. The van der Waals surface area contributed by atoms with Gasteiger partial charge in [-0.1, -0.05) is 29.8 Å². The number of aromatic nitrogens is 2. The van der Waals surface area contributed by atoms with Gasteiger partial charge in [-0.3, -0.25) is 0 Å². The SMILES string of the molecule is CCN(CC)c1ncnc2scc(-c3ccc(C)cc3)c12.O=C(O)C(F)(F)F. The van der Waals surface area contributed by atoms with Gasteiger partial charge in [-0.05, 0) is 26.3 Å². The van der Waals surface area contributed by atoms with Crippen LogP contribution in [0.3, 0.4) is 0 Å². The second kappa shape index (κ2) is 9.01. The predicted octanol–water partition coefficient (Wildman–Crippen LogP) is 5.15. The highest BCUT2D eigenvalue weighted by Gasteiger charge is 2.38. The maximum Gasteiger partial charge on any atom is 0.490 e. The second-order valence-corrected chi connectivity index (χ2v) is 6.73. The molecule has 0 saturated heterocycles. The van der Waals surface area contributed by atoms with Crippen LogP contribution in [0.15, 0.2) is 36.0 Å². The summed E-state index contributed by atoms with van der Waals surface area (Å²) in [5, 5.41) is 10.5. The number of aliphatic carboxylic acids is 1. The number of carbonyl (C=O) groups is 1. The maximum atomic E-state index is 10.6. The molecule has 9 heteroatoms. The number of alkyl halides is 3. The zero-order valence-corrected chi connectivity index (χ0v) is 16.4. The molecule has 0 fully saturated rings. The standard InChI is InChI=1S/C17H19N3S.C2HF3O2/c1-4-20(5-2)16-15-14(10-21-17(15)19-11-18-16)13-8-6-12(3)7-9-13;3-2(4,5)1(6)7/h6-11H,4-5H2,1-3H3;(H,6,7). The van der Waals surface area contributed by atoms with Crippen LogP contribution in [-0.2, 0) is 4.79 Å². The van der Waals surface area contributed by atoms with Gasteiger partial charge in [-0.25, -0.2) is 14.8 Å². The van der Waals surface area contributed by atoms with Crippen molar-refractivity contribution in [3.8, 4) is 11.1 Å². The molecule has 0 radical (unpaired) electrons. The van der Waals surface area contributed by atoms with Crippen LogP contribution in [0.5, 0.6) is 0 Å². The third kappa shape index (κ3) is 4.98. The van der Waals surface area contributed by atoms with Crippen molar-refractivity contribution in [2.45, 2.75) is 26.9 Å². The first-order chi connectivity index (χ1) is 13.2. The number of nitrogens with zero attached hydrogens (tertiary/aromatic N) is 3. The Morgan fingerprint density at radius 1 is 1.14 bits per heavy atom. The van der Waals surface area contributed by atoms with Gasteiger partial charge in [0.25, 0.3) is 0 Å². The van der Waals surface area contributed by atoms with Crippen molar-refractivity contribution in [2.24, 2.45) is 0 Å². The number of aryl methyl sites for hydroxylation is 1. The molecular weight excluding hydrogens is 391 g/mol. The van der Waals surface area contributed by atoms with Crippen molar-refractivity contribution in [3.05, 3.63) is 41.5 Å². The summed E-state index contributed by atoms with van der Waals surface area (Å²) in [4.78, 5) is 21.2. The summed E-state index contributed by atoms with van der Waals surface area (Å²) < 4.78 is 31.7. The number of hydrogen-bond donors (Lipinski definition) is 1. The lowest BCUT2D eigenvalue weighted by Crippen LogP contribution is -2.23. The summed E-state index contributed by atoms with van der Waals surface area (Å²) in [7, 11) is 0. The lowest BCUT2D eigenvalue weighted by Gasteiger charge is -2.20. The first-order valence-corrected chi connectivity index (χ1v) is 9.41. The number of carboxylic acids is 1. The number of carboxylic acid groups (broad SMARTS) is 1. The summed E-state index contributed by atoms with van der Waals surface area (Å²) in [5.74, 6) is -1.71. The van der Waals surface area contributed by atoms with Gasteiger partial charge in [-0.2, -0.15) is 13.2 Å². The van der Waals surface area contributed by atoms with E-state index in [-0.39, 0.29) is 0 Å². The third-order valence-electron chi connectivity index (χ3n) is 4.02. The Morgan fingerprint density at radius 2 is 1.71 bits per heavy atom. The number of benzene rings is 1. The fourth-order valence-electron chi connectivity index (χ4n) is 2.57. The summed E-state index contributed by atoms with van der Waals surface area (Å²) in [6.07, 6.45) is -3.41. The molecule has 0 amide bonds. The average Bonchev–Trinajstić information content (AvgIpc) is 3.08. The summed E-state index contributed by atoms with van der Waals surface area (Å²) in [5.41, 5.74) is 3.74. The van der Waals surface area contributed by atoms with Crippen LogP contribution in [-0.4, -0.2) is 40.3 Å². The molecular formula is C19H20F3N3O2S. The van der Waals surface area contributed by atoms with Gasteiger partial charge < -0.3 is 10.0 Å². The number of halogens is 3. The van der Waals surface area contributed by atoms with E-state index in [1.807, 2.05) is 0 Å². The molecule has 0 aliphatic heterocycles. The first kappa shape index (κ1) is 21.6. The topological polar surface area (TPSA) is 66.3 Å².